The molecule has 0 fully saturated rings. The van der Waals surface area contributed by atoms with Gasteiger partial charge in [0.25, 0.3) is 0 Å². The molecule has 20 heavy (non-hydrogen) atoms. The highest BCUT2D eigenvalue weighted by atomic mass is 79.9. The number of benzene rings is 1. The fourth-order valence-corrected chi connectivity index (χ4v) is 1.85. The number of anilines is 2. The topological polar surface area (TPSA) is 73.1 Å². The van der Waals surface area contributed by atoms with Crippen LogP contribution in [0.1, 0.15) is 13.3 Å². The zero-order valence-corrected chi connectivity index (χ0v) is 12.4. The van der Waals surface area contributed by atoms with E-state index in [0.717, 1.165) is 13.0 Å². The van der Waals surface area contributed by atoms with Gasteiger partial charge in [0.15, 0.2) is 11.6 Å². The van der Waals surface area contributed by atoms with Gasteiger partial charge in [0.2, 0.25) is 11.8 Å². The van der Waals surface area contributed by atoms with Crippen molar-refractivity contribution in [3.63, 3.8) is 0 Å². The van der Waals surface area contributed by atoms with E-state index >= 15 is 0 Å². The van der Waals surface area contributed by atoms with Crippen molar-refractivity contribution in [2.75, 3.05) is 17.6 Å². The molecule has 0 saturated carbocycles. The van der Waals surface area contributed by atoms with Crippen molar-refractivity contribution in [1.29, 1.82) is 0 Å². The number of hydrogen-bond donors (Lipinski definition) is 2. The second-order valence-electron chi connectivity index (χ2n) is 4.05. The first kappa shape index (κ1) is 14.5. The average molecular weight is 341 g/mol. The summed E-state index contributed by atoms with van der Waals surface area (Å²) < 4.78 is 19.7. The van der Waals surface area contributed by atoms with Gasteiger partial charge in [-0.05, 0) is 24.6 Å². The van der Waals surface area contributed by atoms with E-state index in [0.29, 0.717) is 10.3 Å². The van der Waals surface area contributed by atoms with Crippen LogP contribution in [-0.2, 0) is 0 Å². The molecule has 1 heterocycles. The van der Waals surface area contributed by atoms with Gasteiger partial charge in [-0.25, -0.2) is 4.39 Å². The summed E-state index contributed by atoms with van der Waals surface area (Å²) in [4.78, 5) is 7.96. The van der Waals surface area contributed by atoms with Crippen LogP contribution in [0.4, 0.5) is 16.2 Å². The second kappa shape index (κ2) is 6.51. The molecule has 2 aromatic rings. The first-order valence-corrected chi connectivity index (χ1v) is 6.89. The van der Waals surface area contributed by atoms with E-state index < -0.39 is 5.82 Å². The molecule has 0 unspecified atom stereocenters. The molecule has 106 valence electrons. The lowest BCUT2D eigenvalue weighted by Gasteiger charge is -2.09. The highest BCUT2D eigenvalue weighted by molar-refractivity contribution is 9.10. The van der Waals surface area contributed by atoms with Crippen molar-refractivity contribution in [3.05, 3.63) is 34.6 Å². The monoisotopic (exact) mass is 340 g/mol. The Balaban J connectivity index is 2.24. The number of nitrogens with two attached hydrogens (primary N) is 1. The Morgan fingerprint density at radius 3 is 2.90 bits per heavy atom. The molecule has 0 amide bonds. The molecule has 2 rings (SSSR count). The fraction of sp³-hybridized carbons (Fsp3) is 0.231. The lowest BCUT2D eigenvalue weighted by atomic mass is 10.3. The lowest BCUT2D eigenvalue weighted by Crippen LogP contribution is -2.05. The summed E-state index contributed by atoms with van der Waals surface area (Å²) >= 11 is 3.26. The third kappa shape index (κ3) is 3.80. The molecule has 0 bridgehead atoms. The maximum atomic E-state index is 13.6. The van der Waals surface area contributed by atoms with E-state index in [9.17, 15) is 4.39 Å². The number of hydrogen-bond acceptors (Lipinski definition) is 5. The number of aromatic nitrogens is 2. The van der Waals surface area contributed by atoms with Crippen molar-refractivity contribution in [2.45, 2.75) is 13.3 Å². The van der Waals surface area contributed by atoms with Gasteiger partial charge in [-0.2, -0.15) is 9.97 Å². The molecule has 0 spiro atoms. The first-order valence-electron chi connectivity index (χ1n) is 6.10. The zero-order chi connectivity index (χ0) is 14.5. The van der Waals surface area contributed by atoms with E-state index in [1.165, 1.54) is 12.1 Å². The number of nitrogens with zero attached hydrogens (tertiary/aromatic N) is 2. The first-order chi connectivity index (χ1) is 9.58. The summed E-state index contributed by atoms with van der Waals surface area (Å²) in [5.74, 6) is 0.390. The standard InChI is InChI=1S/C13H14BrFN4O/c1-2-5-17-11-7-12(19-13(16)18-11)20-10-6-8(14)3-4-9(10)15/h3-4,6-7H,2,5H2,1H3,(H3,16,17,18,19). The van der Waals surface area contributed by atoms with Crippen molar-refractivity contribution in [2.24, 2.45) is 0 Å². The molecular weight excluding hydrogens is 327 g/mol. The van der Waals surface area contributed by atoms with Crippen LogP contribution >= 0.6 is 15.9 Å². The Hall–Kier alpha value is -1.89. The van der Waals surface area contributed by atoms with Crippen molar-refractivity contribution < 1.29 is 9.13 Å². The number of rotatable bonds is 5. The summed E-state index contributed by atoms with van der Waals surface area (Å²) in [5, 5.41) is 3.07. The third-order valence-corrected chi connectivity index (χ3v) is 2.88. The molecule has 0 atom stereocenters. The Labute approximate surface area is 124 Å². The fourth-order valence-electron chi connectivity index (χ4n) is 1.51. The van der Waals surface area contributed by atoms with Gasteiger partial charge in [-0.1, -0.05) is 22.9 Å². The smallest absolute Gasteiger partial charge is 0.226 e. The van der Waals surface area contributed by atoms with Gasteiger partial charge in [0.05, 0.1) is 0 Å². The van der Waals surface area contributed by atoms with E-state index in [2.05, 4.69) is 31.2 Å². The lowest BCUT2D eigenvalue weighted by molar-refractivity contribution is 0.427. The van der Waals surface area contributed by atoms with Gasteiger partial charge in [-0.15, -0.1) is 0 Å². The minimum Gasteiger partial charge on any atom is -0.436 e. The molecule has 1 aromatic heterocycles. The Kier molecular flexibility index (Phi) is 4.73. The number of nitrogens with one attached hydrogen (secondary N) is 1. The van der Waals surface area contributed by atoms with Crippen LogP contribution in [0, 0.1) is 5.82 Å². The number of halogens is 2. The van der Waals surface area contributed by atoms with Crippen LogP contribution in [0.15, 0.2) is 28.7 Å². The quantitative estimate of drug-likeness (QED) is 0.870. The summed E-state index contributed by atoms with van der Waals surface area (Å²) in [6, 6.07) is 5.99. The van der Waals surface area contributed by atoms with Crippen molar-refractivity contribution in [3.8, 4) is 11.6 Å². The minimum absolute atomic E-state index is 0.0662. The van der Waals surface area contributed by atoms with Crippen LogP contribution in [0.5, 0.6) is 11.6 Å². The van der Waals surface area contributed by atoms with Gasteiger partial charge >= 0.3 is 0 Å². The number of ether oxygens (including phenoxy) is 1. The third-order valence-electron chi connectivity index (χ3n) is 2.38. The van der Waals surface area contributed by atoms with E-state index in [4.69, 9.17) is 10.5 Å². The van der Waals surface area contributed by atoms with E-state index in [-0.39, 0.29) is 17.6 Å². The van der Waals surface area contributed by atoms with Crippen molar-refractivity contribution >= 4 is 27.7 Å². The van der Waals surface area contributed by atoms with Gasteiger partial charge < -0.3 is 15.8 Å². The molecule has 3 N–H and O–H groups in total. The average Bonchev–Trinajstić information content (AvgIpc) is 2.40. The Morgan fingerprint density at radius 1 is 1.35 bits per heavy atom. The molecule has 0 aliphatic carbocycles. The van der Waals surface area contributed by atoms with Crippen LogP contribution in [0.2, 0.25) is 0 Å². The van der Waals surface area contributed by atoms with Crippen molar-refractivity contribution in [1.82, 2.24) is 9.97 Å². The molecule has 0 radical (unpaired) electrons. The highest BCUT2D eigenvalue weighted by Gasteiger charge is 2.09. The predicted octanol–water partition coefficient (Wildman–Crippen LogP) is 3.57. The van der Waals surface area contributed by atoms with Crippen LogP contribution in [-0.4, -0.2) is 16.5 Å². The summed E-state index contributed by atoms with van der Waals surface area (Å²) in [5.41, 5.74) is 5.61. The number of nitrogen functional groups attached to an aromatic ring is 1. The summed E-state index contributed by atoms with van der Waals surface area (Å²) in [7, 11) is 0. The predicted molar refractivity (Wildman–Crippen MR) is 79.4 cm³/mol. The van der Waals surface area contributed by atoms with Crippen LogP contribution in [0.3, 0.4) is 0 Å². The van der Waals surface area contributed by atoms with E-state index in [1.54, 1.807) is 12.1 Å². The SMILES string of the molecule is CCCNc1cc(Oc2cc(Br)ccc2F)nc(N)n1. The highest BCUT2D eigenvalue weighted by Crippen LogP contribution is 2.27. The van der Waals surface area contributed by atoms with Gasteiger partial charge in [0, 0.05) is 17.1 Å². The van der Waals surface area contributed by atoms with Gasteiger partial charge in [-0.3, -0.25) is 0 Å². The second-order valence-corrected chi connectivity index (χ2v) is 4.97. The molecule has 0 aliphatic heterocycles. The van der Waals surface area contributed by atoms with Crippen LogP contribution < -0.4 is 15.8 Å². The Bertz CT molecular complexity index is 609. The maximum Gasteiger partial charge on any atom is 0.226 e. The molecule has 0 aliphatic rings. The maximum absolute atomic E-state index is 13.6. The molecule has 1 aromatic carbocycles. The van der Waals surface area contributed by atoms with Crippen LogP contribution in [0.25, 0.3) is 0 Å². The summed E-state index contributed by atoms with van der Waals surface area (Å²) in [6.07, 6.45) is 0.945. The Morgan fingerprint density at radius 2 is 2.15 bits per heavy atom. The zero-order valence-electron chi connectivity index (χ0n) is 10.9. The molecule has 0 saturated heterocycles. The largest absolute Gasteiger partial charge is 0.436 e. The van der Waals surface area contributed by atoms with E-state index in [1.807, 2.05) is 6.92 Å². The van der Waals surface area contributed by atoms with Gasteiger partial charge in [0.1, 0.15) is 5.82 Å². The molecule has 5 nitrogen and oxygen atoms in total. The summed E-state index contributed by atoms with van der Waals surface area (Å²) in [6.45, 7) is 2.78. The molecule has 7 heteroatoms. The molecular formula is C13H14BrFN4O. The minimum atomic E-state index is -0.478. The normalized spacial score (nSPS) is 10.3.